The first-order valence-corrected chi connectivity index (χ1v) is 11.2. The van der Waals surface area contributed by atoms with Gasteiger partial charge < -0.3 is 9.64 Å². The summed E-state index contributed by atoms with van der Waals surface area (Å²) in [4.78, 5) is 17.5. The number of halogens is 2. The van der Waals surface area contributed by atoms with Gasteiger partial charge in [-0.05, 0) is 37.3 Å². The van der Waals surface area contributed by atoms with Crippen molar-refractivity contribution < 1.29 is 4.74 Å². The van der Waals surface area contributed by atoms with Gasteiger partial charge >= 0.3 is 0 Å². The maximum atomic E-state index is 12.9. The molecule has 0 saturated carbocycles. The van der Waals surface area contributed by atoms with Crippen molar-refractivity contribution >= 4 is 28.9 Å². The molecule has 6 nitrogen and oxygen atoms in total. The fraction of sp³-hybridized carbons (Fsp3) is 0.348. The number of hydrogen-bond donors (Lipinski definition) is 0. The molecule has 1 aliphatic heterocycles. The lowest BCUT2D eigenvalue weighted by atomic mass is 10.2. The summed E-state index contributed by atoms with van der Waals surface area (Å²) in [5.74, 6) is 0.820. The third-order valence-electron chi connectivity index (χ3n) is 5.71. The summed E-state index contributed by atoms with van der Waals surface area (Å²) in [6.45, 7) is 6.69. The molecule has 0 atom stereocenters. The number of nitrogens with zero attached hydrogens (tertiary/aromatic N) is 4. The Morgan fingerprint density at radius 2 is 1.71 bits per heavy atom. The summed E-state index contributed by atoms with van der Waals surface area (Å²) in [5, 5.41) is 0.990. The Morgan fingerprint density at radius 3 is 2.35 bits per heavy atom. The van der Waals surface area contributed by atoms with Crippen LogP contribution in [0.5, 0.6) is 5.75 Å². The second-order valence-electron chi connectivity index (χ2n) is 7.51. The fourth-order valence-corrected chi connectivity index (χ4v) is 4.54. The smallest absolute Gasteiger partial charge is 0.290 e. The van der Waals surface area contributed by atoms with Crippen molar-refractivity contribution in [1.82, 2.24) is 14.3 Å². The topological polar surface area (TPSA) is 42.6 Å². The summed E-state index contributed by atoms with van der Waals surface area (Å²) < 4.78 is 9.16. The molecule has 0 bridgehead atoms. The highest BCUT2D eigenvalue weighted by atomic mass is 35.5. The van der Waals surface area contributed by atoms with E-state index in [-0.39, 0.29) is 5.56 Å². The quantitative estimate of drug-likeness (QED) is 0.549. The van der Waals surface area contributed by atoms with Crippen LogP contribution < -0.4 is 15.2 Å². The number of benzene rings is 2. The van der Waals surface area contributed by atoms with E-state index in [0.29, 0.717) is 23.1 Å². The second-order valence-corrected chi connectivity index (χ2v) is 8.32. The molecule has 1 saturated heterocycles. The van der Waals surface area contributed by atoms with E-state index in [0.717, 1.165) is 49.0 Å². The van der Waals surface area contributed by atoms with Crippen LogP contribution in [0.3, 0.4) is 0 Å². The molecule has 31 heavy (non-hydrogen) atoms. The largest absolute Gasteiger partial charge is 0.495 e. The number of methoxy groups -OCH3 is 1. The Morgan fingerprint density at radius 1 is 1.00 bits per heavy atom. The molecule has 0 unspecified atom stereocenters. The van der Waals surface area contributed by atoms with E-state index in [1.54, 1.807) is 11.8 Å². The Hall–Kier alpha value is -2.41. The van der Waals surface area contributed by atoms with Crippen LogP contribution in [0.4, 0.5) is 5.69 Å². The van der Waals surface area contributed by atoms with Crippen molar-refractivity contribution in [2.45, 2.75) is 20.0 Å². The van der Waals surface area contributed by atoms with Crippen molar-refractivity contribution in [2.24, 2.45) is 0 Å². The van der Waals surface area contributed by atoms with E-state index in [4.69, 9.17) is 27.9 Å². The minimum atomic E-state index is -0.174. The zero-order valence-electron chi connectivity index (χ0n) is 17.7. The molecule has 8 heteroatoms. The molecule has 0 radical (unpaired) electrons. The molecule has 164 valence electrons. The van der Waals surface area contributed by atoms with Crippen LogP contribution in [0.25, 0.3) is 5.69 Å². The van der Waals surface area contributed by atoms with Crippen molar-refractivity contribution in [1.29, 1.82) is 0 Å². The van der Waals surface area contributed by atoms with Crippen LogP contribution in [0.1, 0.15) is 12.6 Å². The van der Waals surface area contributed by atoms with Gasteiger partial charge in [-0.2, -0.15) is 0 Å². The molecule has 0 aliphatic carbocycles. The van der Waals surface area contributed by atoms with E-state index in [1.165, 1.54) is 0 Å². The first-order chi connectivity index (χ1) is 15.0. The molecule has 3 aromatic rings. The fourth-order valence-electron chi connectivity index (χ4n) is 4.14. The van der Waals surface area contributed by atoms with E-state index >= 15 is 0 Å². The number of anilines is 1. The molecule has 1 fully saturated rings. The van der Waals surface area contributed by atoms with Crippen LogP contribution in [-0.2, 0) is 13.1 Å². The van der Waals surface area contributed by atoms with Gasteiger partial charge in [0.05, 0.1) is 24.2 Å². The Kier molecular flexibility index (Phi) is 6.60. The maximum Gasteiger partial charge on any atom is 0.290 e. The molecule has 4 rings (SSSR count). The molecular formula is C23H26Cl2N4O2. The normalized spacial score (nSPS) is 14.8. The molecule has 1 aromatic heterocycles. The number of rotatable bonds is 6. The van der Waals surface area contributed by atoms with Crippen LogP contribution >= 0.6 is 23.2 Å². The molecule has 0 amide bonds. The maximum absolute atomic E-state index is 12.9. The Bertz CT molecular complexity index is 1100. The van der Waals surface area contributed by atoms with E-state index in [2.05, 4.69) is 9.80 Å². The molecule has 0 N–H and O–H groups in total. The predicted octanol–water partition coefficient (Wildman–Crippen LogP) is 4.30. The summed E-state index contributed by atoms with van der Waals surface area (Å²) >= 11 is 12.7. The molecular weight excluding hydrogens is 435 g/mol. The lowest BCUT2D eigenvalue weighted by molar-refractivity contribution is 0.241. The summed E-state index contributed by atoms with van der Waals surface area (Å²) in [6, 6.07) is 15.3. The van der Waals surface area contributed by atoms with Crippen molar-refractivity contribution in [3.05, 3.63) is 74.6 Å². The Balaban J connectivity index is 1.53. The Labute approximate surface area is 192 Å². The standard InChI is InChI=1S/C23H26Cl2N4O2/c1-3-28-20(22(25)23(30)29(28)18-7-5-4-6-8-18)16-26-11-13-27(14-12-26)19-15-17(24)9-10-21(19)31-2/h4-10,15H,3,11-14,16H2,1-2H3. The lowest BCUT2D eigenvalue weighted by Gasteiger charge is -2.36. The van der Waals surface area contributed by atoms with Gasteiger partial charge in [0, 0.05) is 44.3 Å². The highest BCUT2D eigenvalue weighted by Crippen LogP contribution is 2.32. The van der Waals surface area contributed by atoms with Crippen LogP contribution in [0, 0.1) is 0 Å². The molecule has 0 spiro atoms. The van der Waals surface area contributed by atoms with Gasteiger partial charge in [0.1, 0.15) is 10.8 Å². The van der Waals surface area contributed by atoms with Gasteiger partial charge in [-0.25, -0.2) is 4.68 Å². The monoisotopic (exact) mass is 460 g/mol. The first kappa shape index (κ1) is 21.8. The third kappa shape index (κ3) is 4.33. The number of para-hydroxylation sites is 1. The minimum absolute atomic E-state index is 0.174. The van der Waals surface area contributed by atoms with Crippen molar-refractivity contribution in [3.63, 3.8) is 0 Å². The first-order valence-electron chi connectivity index (χ1n) is 10.4. The van der Waals surface area contributed by atoms with Gasteiger partial charge in [-0.1, -0.05) is 41.4 Å². The third-order valence-corrected chi connectivity index (χ3v) is 6.33. The highest BCUT2D eigenvalue weighted by Gasteiger charge is 2.24. The van der Waals surface area contributed by atoms with E-state index in [1.807, 2.05) is 60.1 Å². The molecule has 2 aromatic carbocycles. The van der Waals surface area contributed by atoms with Gasteiger partial charge in [0.2, 0.25) is 0 Å². The number of piperazine rings is 1. The summed E-state index contributed by atoms with van der Waals surface area (Å²) in [6.07, 6.45) is 0. The van der Waals surface area contributed by atoms with Crippen molar-refractivity contribution in [2.75, 3.05) is 38.2 Å². The number of aromatic nitrogens is 2. The van der Waals surface area contributed by atoms with Gasteiger partial charge in [-0.3, -0.25) is 14.4 Å². The molecule has 2 heterocycles. The van der Waals surface area contributed by atoms with E-state index in [9.17, 15) is 4.79 Å². The lowest BCUT2D eigenvalue weighted by Crippen LogP contribution is -2.46. The van der Waals surface area contributed by atoms with Crippen LogP contribution in [0.15, 0.2) is 53.3 Å². The average Bonchev–Trinajstić information content (AvgIpc) is 3.04. The molecule has 1 aliphatic rings. The van der Waals surface area contributed by atoms with E-state index < -0.39 is 0 Å². The SMILES string of the molecule is CCn1c(CN2CCN(c3cc(Cl)ccc3OC)CC2)c(Cl)c(=O)n1-c1ccccc1. The summed E-state index contributed by atoms with van der Waals surface area (Å²) in [7, 11) is 1.67. The highest BCUT2D eigenvalue weighted by molar-refractivity contribution is 6.31. The second kappa shape index (κ2) is 9.39. The zero-order chi connectivity index (χ0) is 22.0. The van der Waals surface area contributed by atoms with Gasteiger partial charge in [-0.15, -0.1) is 0 Å². The van der Waals surface area contributed by atoms with Crippen molar-refractivity contribution in [3.8, 4) is 11.4 Å². The van der Waals surface area contributed by atoms with Crippen LogP contribution in [0.2, 0.25) is 10.0 Å². The van der Waals surface area contributed by atoms with Crippen LogP contribution in [-0.4, -0.2) is 47.6 Å². The number of ether oxygens (including phenoxy) is 1. The summed E-state index contributed by atoms with van der Waals surface area (Å²) in [5.41, 5.74) is 2.51. The predicted molar refractivity (Wildman–Crippen MR) is 126 cm³/mol. The van der Waals surface area contributed by atoms with Gasteiger partial charge in [0.15, 0.2) is 0 Å². The minimum Gasteiger partial charge on any atom is -0.495 e. The van der Waals surface area contributed by atoms with Gasteiger partial charge in [0.25, 0.3) is 5.56 Å². The number of hydrogen-bond acceptors (Lipinski definition) is 4. The average molecular weight is 461 g/mol. The zero-order valence-corrected chi connectivity index (χ0v) is 19.2.